The summed E-state index contributed by atoms with van der Waals surface area (Å²) in [6.07, 6.45) is 2.67. The first-order valence-electron chi connectivity index (χ1n) is 5.41. The number of nitrogens with one attached hydrogen (secondary N) is 1. The summed E-state index contributed by atoms with van der Waals surface area (Å²) >= 11 is 5.22. The molecular weight excluding hydrogens is 298 g/mol. The van der Waals surface area contributed by atoms with Crippen LogP contribution in [0.25, 0.3) is 0 Å². The zero-order chi connectivity index (χ0) is 12.3. The topological polar surface area (TPSA) is 50.9 Å². The van der Waals surface area contributed by atoms with E-state index in [1.54, 1.807) is 17.5 Å². The number of nitrogens with two attached hydrogens (primary N) is 1. The molecule has 0 spiro atoms. The molecule has 0 bridgehead atoms. The van der Waals surface area contributed by atoms with Crippen LogP contribution in [0.3, 0.4) is 0 Å². The SMILES string of the molecule is CCC(Nc1ncc(N)cc1Br)c1cccs1. The van der Waals surface area contributed by atoms with Crippen molar-refractivity contribution in [3.63, 3.8) is 0 Å². The Balaban J connectivity index is 2.19. The quantitative estimate of drug-likeness (QED) is 0.895. The van der Waals surface area contributed by atoms with Crippen molar-refractivity contribution in [2.24, 2.45) is 0 Å². The van der Waals surface area contributed by atoms with E-state index >= 15 is 0 Å². The molecule has 0 aliphatic carbocycles. The highest BCUT2D eigenvalue weighted by atomic mass is 79.9. The summed E-state index contributed by atoms with van der Waals surface area (Å²) in [4.78, 5) is 5.61. The summed E-state index contributed by atoms with van der Waals surface area (Å²) in [5, 5.41) is 5.51. The molecule has 0 aliphatic heterocycles. The number of anilines is 2. The molecule has 0 saturated heterocycles. The van der Waals surface area contributed by atoms with Gasteiger partial charge in [-0.15, -0.1) is 11.3 Å². The van der Waals surface area contributed by atoms with Gasteiger partial charge in [0.25, 0.3) is 0 Å². The van der Waals surface area contributed by atoms with Gasteiger partial charge in [-0.1, -0.05) is 13.0 Å². The average molecular weight is 312 g/mol. The Bertz CT molecular complexity index is 485. The summed E-state index contributed by atoms with van der Waals surface area (Å²) in [5.41, 5.74) is 6.33. The van der Waals surface area contributed by atoms with Crippen molar-refractivity contribution < 1.29 is 0 Å². The average Bonchev–Trinajstić information content (AvgIpc) is 2.81. The van der Waals surface area contributed by atoms with Crippen molar-refractivity contribution in [3.05, 3.63) is 39.1 Å². The van der Waals surface area contributed by atoms with Crippen LogP contribution in [0.1, 0.15) is 24.3 Å². The number of hydrogen-bond acceptors (Lipinski definition) is 4. The van der Waals surface area contributed by atoms with Crippen molar-refractivity contribution in [2.45, 2.75) is 19.4 Å². The first-order valence-corrected chi connectivity index (χ1v) is 7.09. The van der Waals surface area contributed by atoms with Crippen LogP contribution in [0.5, 0.6) is 0 Å². The van der Waals surface area contributed by atoms with Gasteiger partial charge < -0.3 is 11.1 Å². The lowest BCUT2D eigenvalue weighted by molar-refractivity contribution is 0.758. The minimum atomic E-state index is 0.294. The Kier molecular flexibility index (Phi) is 4.02. The van der Waals surface area contributed by atoms with Gasteiger partial charge in [-0.05, 0) is 39.9 Å². The normalized spacial score (nSPS) is 12.4. The van der Waals surface area contributed by atoms with Gasteiger partial charge in [0.1, 0.15) is 5.82 Å². The highest BCUT2D eigenvalue weighted by molar-refractivity contribution is 9.10. The molecule has 0 fully saturated rings. The van der Waals surface area contributed by atoms with Gasteiger partial charge in [0.05, 0.1) is 22.4 Å². The number of hydrogen-bond donors (Lipinski definition) is 2. The van der Waals surface area contributed by atoms with E-state index in [0.29, 0.717) is 11.7 Å². The molecule has 0 amide bonds. The Morgan fingerprint density at radius 2 is 2.41 bits per heavy atom. The molecule has 2 aromatic rings. The fourth-order valence-electron chi connectivity index (χ4n) is 1.59. The highest BCUT2D eigenvalue weighted by Gasteiger charge is 2.12. The summed E-state index contributed by atoms with van der Waals surface area (Å²) in [6, 6.07) is 6.35. The fourth-order valence-corrected chi connectivity index (χ4v) is 2.93. The van der Waals surface area contributed by atoms with E-state index in [-0.39, 0.29) is 0 Å². The van der Waals surface area contributed by atoms with Gasteiger partial charge in [-0.2, -0.15) is 0 Å². The maximum absolute atomic E-state index is 5.67. The van der Waals surface area contributed by atoms with Crippen molar-refractivity contribution in [2.75, 3.05) is 11.1 Å². The maximum Gasteiger partial charge on any atom is 0.140 e. The molecule has 0 saturated carbocycles. The zero-order valence-electron chi connectivity index (χ0n) is 9.48. The smallest absolute Gasteiger partial charge is 0.140 e. The zero-order valence-corrected chi connectivity index (χ0v) is 11.9. The molecular formula is C12H14BrN3S. The summed E-state index contributed by atoms with van der Waals surface area (Å²) < 4.78 is 0.896. The predicted molar refractivity (Wildman–Crippen MR) is 77.3 cm³/mol. The minimum absolute atomic E-state index is 0.294. The highest BCUT2D eigenvalue weighted by Crippen LogP contribution is 2.29. The lowest BCUT2D eigenvalue weighted by Crippen LogP contribution is -2.10. The molecule has 0 radical (unpaired) electrons. The molecule has 2 heterocycles. The van der Waals surface area contributed by atoms with Crippen LogP contribution in [0.4, 0.5) is 11.5 Å². The molecule has 17 heavy (non-hydrogen) atoms. The van der Waals surface area contributed by atoms with Gasteiger partial charge in [0.15, 0.2) is 0 Å². The van der Waals surface area contributed by atoms with E-state index in [4.69, 9.17) is 5.73 Å². The first-order chi connectivity index (χ1) is 8.20. The fraction of sp³-hybridized carbons (Fsp3) is 0.250. The molecule has 0 aromatic carbocycles. The van der Waals surface area contributed by atoms with Crippen LogP contribution in [-0.2, 0) is 0 Å². The van der Waals surface area contributed by atoms with Crippen LogP contribution in [0, 0.1) is 0 Å². The monoisotopic (exact) mass is 311 g/mol. The van der Waals surface area contributed by atoms with Gasteiger partial charge in [0.2, 0.25) is 0 Å². The van der Waals surface area contributed by atoms with Gasteiger partial charge in [-0.3, -0.25) is 0 Å². The maximum atomic E-state index is 5.67. The Hall–Kier alpha value is -1.07. The van der Waals surface area contributed by atoms with Crippen molar-refractivity contribution >= 4 is 38.8 Å². The number of nitrogens with zero attached hydrogens (tertiary/aromatic N) is 1. The molecule has 2 aromatic heterocycles. The van der Waals surface area contributed by atoms with E-state index in [0.717, 1.165) is 16.7 Å². The van der Waals surface area contributed by atoms with Crippen molar-refractivity contribution in [3.8, 4) is 0 Å². The molecule has 5 heteroatoms. The van der Waals surface area contributed by atoms with Gasteiger partial charge in [0, 0.05) is 4.88 Å². The van der Waals surface area contributed by atoms with Crippen LogP contribution >= 0.6 is 27.3 Å². The van der Waals surface area contributed by atoms with E-state index < -0.39 is 0 Å². The second kappa shape index (κ2) is 5.51. The van der Waals surface area contributed by atoms with Crippen molar-refractivity contribution in [1.82, 2.24) is 4.98 Å². The van der Waals surface area contributed by atoms with Crippen LogP contribution < -0.4 is 11.1 Å². The van der Waals surface area contributed by atoms with Crippen LogP contribution in [-0.4, -0.2) is 4.98 Å². The molecule has 2 rings (SSSR count). The second-order valence-electron chi connectivity index (χ2n) is 3.72. The molecule has 1 unspecified atom stereocenters. The number of halogens is 1. The third-order valence-electron chi connectivity index (χ3n) is 2.47. The third kappa shape index (κ3) is 2.98. The van der Waals surface area contributed by atoms with Gasteiger partial charge in [-0.25, -0.2) is 4.98 Å². The van der Waals surface area contributed by atoms with Crippen LogP contribution in [0.15, 0.2) is 34.2 Å². The third-order valence-corrected chi connectivity index (χ3v) is 4.06. The number of pyridine rings is 1. The van der Waals surface area contributed by atoms with E-state index in [1.807, 2.05) is 6.07 Å². The molecule has 1 atom stereocenters. The number of thiophene rings is 1. The number of nitrogen functional groups attached to an aromatic ring is 1. The second-order valence-corrected chi connectivity index (χ2v) is 5.55. The molecule has 3 N–H and O–H groups in total. The Labute approximate surface area is 113 Å². The van der Waals surface area contributed by atoms with E-state index in [9.17, 15) is 0 Å². The van der Waals surface area contributed by atoms with Crippen LogP contribution in [0.2, 0.25) is 0 Å². The minimum Gasteiger partial charge on any atom is -0.397 e. The molecule has 90 valence electrons. The van der Waals surface area contributed by atoms with Crippen molar-refractivity contribution in [1.29, 1.82) is 0 Å². The number of rotatable bonds is 4. The first kappa shape index (κ1) is 12.4. The molecule has 3 nitrogen and oxygen atoms in total. The Morgan fingerprint density at radius 3 is 3.00 bits per heavy atom. The largest absolute Gasteiger partial charge is 0.397 e. The summed E-state index contributed by atoms with van der Waals surface area (Å²) in [6.45, 7) is 2.16. The summed E-state index contributed by atoms with van der Waals surface area (Å²) in [5.74, 6) is 0.833. The summed E-state index contributed by atoms with van der Waals surface area (Å²) in [7, 11) is 0. The van der Waals surface area contributed by atoms with E-state index in [2.05, 4.69) is 50.7 Å². The van der Waals surface area contributed by atoms with E-state index in [1.165, 1.54) is 4.88 Å². The lowest BCUT2D eigenvalue weighted by Gasteiger charge is -2.17. The predicted octanol–water partition coefficient (Wildman–Crippen LogP) is 4.05. The Morgan fingerprint density at radius 1 is 1.59 bits per heavy atom. The standard InChI is InChI=1S/C12H14BrN3S/c1-2-10(11-4-3-5-17-11)16-12-9(13)6-8(14)7-15-12/h3-7,10H,2,14H2,1H3,(H,15,16). The lowest BCUT2D eigenvalue weighted by atomic mass is 10.2. The molecule has 0 aliphatic rings. The van der Waals surface area contributed by atoms with Gasteiger partial charge >= 0.3 is 0 Å². The number of aromatic nitrogens is 1.